The number of nitrogens with two attached hydrogens (primary N) is 1. The van der Waals surface area contributed by atoms with E-state index in [1.54, 1.807) is 19.9 Å². The zero-order chi connectivity index (χ0) is 10.9. The minimum Gasteiger partial charge on any atom is -0.370 e. The second kappa shape index (κ2) is 3.59. The van der Waals surface area contributed by atoms with Gasteiger partial charge >= 0.3 is 10.3 Å². The van der Waals surface area contributed by atoms with Gasteiger partial charge in [-0.3, -0.25) is 0 Å². The summed E-state index contributed by atoms with van der Waals surface area (Å²) in [5, 5.41) is 4.81. The van der Waals surface area contributed by atoms with Crippen LogP contribution in [0.4, 0.5) is 0 Å². The number of hydrogen-bond acceptors (Lipinski definition) is 3. The maximum atomic E-state index is 10.8. The van der Waals surface area contributed by atoms with Crippen molar-refractivity contribution in [1.82, 2.24) is 0 Å². The van der Waals surface area contributed by atoms with Crippen LogP contribution < -0.4 is 9.32 Å². The third-order valence-electron chi connectivity index (χ3n) is 2.07. The molecule has 1 aromatic rings. The van der Waals surface area contributed by atoms with Gasteiger partial charge in [-0.15, -0.1) is 0 Å². The zero-order valence-electron chi connectivity index (χ0n) is 8.37. The molecule has 0 unspecified atom stereocenters. The Morgan fingerprint density at radius 2 is 1.64 bits per heavy atom. The molecule has 0 fully saturated rings. The normalized spacial score (nSPS) is 11.4. The molecule has 2 N–H and O–H groups in total. The Morgan fingerprint density at radius 3 is 2.14 bits per heavy atom. The first-order valence-electron chi connectivity index (χ1n) is 4.10. The SMILES string of the molecule is Cc1ccc(C)c(OS(N)(=O)=O)c1C. The summed E-state index contributed by atoms with van der Waals surface area (Å²) in [5.41, 5.74) is 2.51. The molecule has 0 bridgehead atoms. The molecular weight excluding hydrogens is 202 g/mol. The van der Waals surface area contributed by atoms with E-state index in [0.717, 1.165) is 16.7 Å². The van der Waals surface area contributed by atoms with Crippen LogP contribution in [0.5, 0.6) is 5.75 Å². The second-order valence-electron chi connectivity index (χ2n) is 3.23. The van der Waals surface area contributed by atoms with E-state index in [0.29, 0.717) is 5.75 Å². The molecule has 0 atom stereocenters. The van der Waals surface area contributed by atoms with Crippen LogP contribution in [0.2, 0.25) is 0 Å². The highest BCUT2D eigenvalue weighted by Crippen LogP contribution is 2.26. The van der Waals surface area contributed by atoms with Crippen molar-refractivity contribution < 1.29 is 12.6 Å². The molecule has 0 aliphatic heterocycles. The molecule has 4 nitrogen and oxygen atoms in total. The topological polar surface area (TPSA) is 69.4 Å². The molecule has 0 aliphatic carbocycles. The molecule has 0 heterocycles. The van der Waals surface area contributed by atoms with E-state index in [9.17, 15) is 8.42 Å². The molecule has 1 aromatic carbocycles. The van der Waals surface area contributed by atoms with Gasteiger partial charge in [0.2, 0.25) is 0 Å². The van der Waals surface area contributed by atoms with Crippen molar-refractivity contribution in [1.29, 1.82) is 0 Å². The van der Waals surface area contributed by atoms with Crippen LogP contribution in [0.25, 0.3) is 0 Å². The third kappa shape index (κ3) is 2.46. The molecule has 5 heteroatoms. The summed E-state index contributed by atoms with van der Waals surface area (Å²) >= 11 is 0. The largest absolute Gasteiger partial charge is 0.380 e. The lowest BCUT2D eigenvalue weighted by molar-refractivity contribution is 0.483. The maximum absolute atomic E-state index is 10.8. The van der Waals surface area contributed by atoms with Crippen LogP contribution in [0, 0.1) is 20.8 Å². The average Bonchev–Trinajstić information content (AvgIpc) is 2.04. The molecule has 0 amide bonds. The fraction of sp³-hybridized carbons (Fsp3) is 0.333. The summed E-state index contributed by atoms with van der Waals surface area (Å²) in [5.74, 6) is 0.326. The summed E-state index contributed by atoms with van der Waals surface area (Å²) in [6.45, 7) is 5.45. The first kappa shape index (κ1) is 11.0. The molecule has 14 heavy (non-hydrogen) atoms. The van der Waals surface area contributed by atoms with Gasteiger partial charge in [-0.2, -0.15) is 13.6 Å². The first-order valence-corrected chi connectivity index (χ1v) is 5.57. The molecular formula is C9H13NO3S. The van der Waals surface area contributed by atoms with E-state index >= 15 is 0 Å². The Hall–Kier alpha value is -1.07. The van der Waals surface area contributed by atoms with Crippen LogP contribution >= 0.6 is 0 Å². The molecule has 0 aromatic heterocycles. The zero-order valence-corrected chi connectivity index (χ0v) is 9.18. The minimum atomic E-state index is -3.94. The molecule has 0 aliphatic rings. The van der Waals surface area contributed by atoms with Crippen molar-refractivity contribution in [3.05, 3.63) is 28.8 Å². The van der Waals surface area contributed by atoms with E-state index in [1.807, 2.05) is 13.0 Å². The van der Waals surface area contributed by atoms with E-state index in [1.165, 1.54) is 0 Å². The summed E-state index contributed by atoms with van der Waals surface area (Å²) < 4.78 is 26.2. The highest BCUT2D eigenvalue weighted by atomic mass is 32.2. The van der Waals surface area contributed by atoms with Crippen LogP contribution in [0.15, 0.2) is 12.1 Å². The standard InChI is InChI=1S/C9H13NO3S/c1-6-4-5-7(2)9(8(6)3)13-14(10,11)12/h4-5H,1-3H3,(H2,10,11,12). The molecule has 0 saturated heterocycles. The summed E-state index contributed by atoms with van der Waals surface area (Å²) in [6, 6.07) is 3.70. The Bertz CT molecular complexity index is 451. The lowest BCUT2D eigenvalue weighted by Crippen LogP contribution is -2.20. The van der Waals surface area contributed by atoms with Gasteiger partial charge in [-0.05, 0) is 37.5 Å². The highest BCUT2D eigenvalue weighted by Gasteiger charge is 2.11. The lowest BCUT2D eigenvalue weighted by atomic mass is 10.1. The molecule has 0 spiro atoms. The van der Waals surface area contributed by atoms with Crippen LogP contribution in [0.3, 0.4) is 0 Å². The van der Waals surface area contributed by atoms with Gasteiger partial charge in [0.05, 0.1) is 0 Å². The fourth-order valence-corrected chi connectivity index (χ4v) is 1.66. The van der Waals surface area contributed by atoms with E-state index in [2.05, 4.69) is 0 Å². The number of benzene rings is 1. The van der Waals surface area contributed by atoms with Crippen molar-refractivity contribution in [2.24, 2.45) is 5.14 Å². The van der Waals surface area contributed by atoms with Crippen LogP contribution in [0.1, 0.15) is 16.7 Å². The van der Waals surface area contributed by atoms with Crippen molar-refractivity contribution >= 4 is 10.3 Å². The van der Waals surface area contributed by atoms with Gasteiger partial charge in [0.25, 0.3) is 0 Å². The number of aryl methyl sites for hydroxylation is 2. The third-order valence-corrected chi connectivity index (χ3v) is 2.47. The Morgan fingerprint density at radius 1 is 1.14 bits per heavy atom. The summed E-state index contributed by atoms with van der Waals surface area (Å²) in [4.78, 5) is 0. The molecule has 0 saturated carbocycles. The van der Waals surface area contributed by atoms with Crippen molar-refractivity contribution in [3.8, 4) is 5.75 Å². The van der Waals surface area contributed by atoms with Gasteiger partial charge in [0.1, 0.15) is 5.75 Å². The van der Waals surface area contributed by atoms with Crippen molar-refractivity contribution in [2.45, 2.75) is 20.8 Å². The number of rotatable bonds is 2. The van der Waals surface area contributed by atoms with Gasteiger partial charge in [-0.1, -0.05) is 12.1 Å². The Balaban J connectivity index is 3.27. The molecule has 78 valence electrons. The minimum absolute atomic E-state index is 0.326. The molecule has 0 radical (unpaired) electrons. The van der Waals surface area contributed by atoms with Gasteiger partial charge in [-0.25, -0.2) is 0 Å². The van der Waals surface area contributed by atoms with Crippen molar-refractivity contribution in [3.63, 3.8) is 0 Å². The van der Waals surface area contributed by atoms with Crippen LogP contribution in [-0.2, 0) is 10.3 Å². The van der Waals surface area contributed by atoms with E-state index < -0.39 is 10.3 Å². The van der Waals surface area contributed by atoms with Gasteiger partial charge in [0.15, 0.2) is 0 Å². The summed E-state index contributed by atoms with van der Waals surface area (Å²) in [6.07, 6.45) is 0. The first-order chi connectivity index (χ1) is 6.31. The summed E-state index contributed by atoms with van der Waals surface area (Å²) in [7, 11) is -3.94. The average molecular weight is 215 g/mol. The van der Waals surface area contributed by atoms with Gasteiger partial charge < -0.3 is 4.18 Å². The van der Waals surface area contributed by atoms with Gasteiger partial charge in [0, 0.05) is 0 Å². The van der Waals surface area contributed by atoms with E-state index in [4.69, 9.17) is 9.32 Å². The Labute approximate surface area is 83.9 Å². The monoisotopic (exact) mass is 215 g/mol. The van der Waals surface area contributed by atoms with E-state index in [-0.39, 0.29) is 0 Å². The predicted molar refractivity (Wildman–Crippen MR) is 54.4 cm³/mol. The smallest absolute Gasteiger partial charge is 0.370 e. The predicted octanol–water partition coefficient (Wildman–Crippen LogP) is 1.19. The fourth-order valence-electron chi connectivity index (χ4n) is 1.17. The quantitative estimate of drug-likeness (QED) is 0.805. The second-order valence-corrected chi connectivity index (χ2v) is 4.38. The molecule has 1 rings (SSSR count). The highest BCUT2D eigenvalue weighted by molar-refractivity contribution is 7.84. The lowest BCUT2D eigenvalue weighted by Gasteiger charge is -2.11. The number of hydrogen-bond donors (Lipinski definition) is 1. The van der Waals surface area contributed by atoms with Crippen molar-refractivity contribution in [2.75, 3.05) is 0 Å². The maximum Gasteiger partial charge on any atom is 0.380 e. The van der Waals surface area contributed by atoms with Crippen LogP contribution in [-0.4, -0.2) is 8.42 Å². The Kier molecular flexibility index (Phi) is 2.82.